The lowest BCUT2D eigenvalue weighted by Gasteiger charge is -2.21. The van der Waals surface area contributed by atoms with Crippen LogP contribution in [-0.2, 0) is 38.9 Å². The van der Waals surface area contributed by atoms with Crippen LogP contribution in [0.4, 0.5) is 68.2 Å². The molecular weight excluding hydrogens is 1360 g/mol. The summed E-state index contributed by atoms with van der Waals surface area (Å²) in [4.78, 5) is 63.6. The van der Waals surface area contributed by atoms with Gasteiger partial charge in [-0.15, -0.1) is 45.3 Å². The topological polar surface area (TPSA) is 382 Å². The maximum absolute atomic E-state index is 13.0. The van der Waals surface area contributed by atoms with Crippen LogP contribution in [0.25, 0.3) is 20.0 Å². The minimum Gasteiger partial charge on any atom is -0.507 e. The number of azo groups is 4. The van der Waals surface area contributed by atoms with E-state index in [0.717, 1.165) is 21.4 Å². The highest BCUT2D eigenvalue weighted by Gasteiger charge is 2.26. The Morgan fingerprint density at radius 3 is 0.820 bits per heavy atom. The van der Waals surface area contributed by atoms with E-state index in [4.69, 9.17) is 19.4 Å². The minimum absolute atomic E-state index is 0.0833. The van der Waals surface area contributed by atoms with Gasteiger partial charge in [-0.05, 0) is 111 Å². The number of fused-ring (bicyclic) bond motifs is 8. The third-order valence-corrected chi connectivity index (χ3v) is 19.3. The summed E-state index contributed by atoms with van der Waals surface area (Å²) in [5, 5.41) is 120. The van der Waals surface area contributed by atoms with Gasteiger partial charge in [-0.3, -0.25) is 40.5 Å². The minimum atomic E-state index is -0.530. The zero-order valence-electron chi connectivity index (χ0n) is 52.2. The van der Waals surface area contributed by atoms with Crippen LogP contribution in [-0.4, -0.2) is 49.8 Å². The molecule has 4 heterocycles. The third-order valence-electron chi connectivity index (χ3n) is 15.3. The van der Waals surface area contributed by atoms with E-state index < -0.39 is 19.7 Å². The van der Waals surface area contributed by atoms with E-state index in [-0.39, 0.29) is 130 Å². The second kappa shape index (κ2) is 29.1. The molecule has 0 unspecified atom stereocenters. The number of nitro groups is 4. The summed E-state index contributed by atoms with van der Waals surface area (Å²) in [6.45, 7) is 3.62. The standard InChI is InChI=1S/C68H48N16O12S4/c1-37-33-97-65(69-37)67-71-55(35-99-67)31-95-63-43-19-39-23-51(77-73-47-3-11-57(12-4-47)81(87)88)25-41(61(39)85)21-45-29-54(80-76-50-9-17-60(18-10-50)84(93)94)30-46(64(45)96-32-56-36-100-68(72-56)66-70-38(2)34-98-66)22-42-26-52(78-74-48-5-13-58(14-6-48)82(89)90)24-40(62(42)86)20-44(63)28-53(27-43)79-75-49-7-15-59(16-8-49)83(91)92/h3-18,23-30,33-36,85-86H,19-22,31-32H2,1-2H3. The molecule has 0 aliphatic heterocycles. The first-order valence-electron chi connectivity index (χ1n) is 30.0. The zero-order chi connectivity index (χ0) is 69.6. The number of non-ortho nitro benzene ring substituents is 4. The molecule has 1 aliphatic rings. The fourth-order valence-electron chi connectivity index (χ4n) is 10.6. The molecule has 0 saturated heterocycles. The number of nitro benzene ring substituents is 4. The van der Waals surface area contributed by atoms with Gasteiger partial charge in [0.2, 0.25) is 0 Å². The van der Waals surface area contributed by atoms with Crippen molar-refractivity contribution in [1.29, 1.82) is 0 Å². The number of hydrogen-bond acceptors (Lipinski definition) is 28. The number of aryl methyl sites for hydroxylation is 2. The molecule has 0 radical (unpaired) electrons. The molecule has 0 amide bonds. The lowest BCUT2D eigenvalue weighted by Crippen LogP contribution is -2.07. The molecule has 8 bridgehead atoms. The summed E-state index contributed by atoms with van der Waals surface area (Å²) in [6, 6.07) is 35.4. The van der Waals surface area contributed by atoms with E-state index in [1.807, 2.05) is 35.4 Å². The van der Waals surface area contributed by atoms with Gasteiger partial charge in [-0.1, -0.05) is 0 Å². The first-order chi connectivity index (χ1) is 48.4. The van der Waals surface area contributed by atoms with Crippen molar-refractivity contribution in [1.82, 2.24) is 19.9 Å². The molecule has 12 aromatic rings. The lowest BCUT2D eigenvalue weighted by molar-refractivity contribution is -0.385. The summed E-state index contributed by atoms with van der Waals surface area (Å²) in [7, 11) is 0. The molecule has 8 aromatic carbocycles. The van der Waals surface area contributed by atoms with Crippen molar-refractivity contribution in [3.8, 4) is 43.0 Å². The van der Waals surface area contributed by atoms with Crippen LogP contribution in [0.3, 0.4) is 0 Å². The maximum atomic E-state index is 13.0. The van der Waals surface area contributed by atoms with Crippen LogP contribution in [0, 0.1) is 54.3 Å². The van der Waals surface area contributed by atoms with Crippen molar-refractivity contribution in [3.63, 3.8) is 0 Å². The second-order valence-corrected chi connectivity index (χ2v) is 25.9. The van der Waals surface area contributed by atoms with Gasteiger partial charge in [0, 0.05) is 152 Å². The molecule has 0 spiro atoms. The Kier molecular flexibility index (Phi) is 19.2. The molecule has 496 valence electrons. The van der Waals surface area contributed by atoms with Gasteiger partial charge in [-0.25, -0.2) is 19.9 Å². The van der Waals surface area contributed by atoms with Crippen molar-refractivity contribution < 1.29 is 39.4 Å². The average molecular weight is 1410 g/mol. The summed E-state index contributed by atoms with van der Waals surface area (Å²) in [6.07, 6.45) is -0.471. The van der Waals surface area contributed by atoms with Crippen LogP contribution in [0.1, 0.15) is 67.3 Å². The monoisotopic (exact) mass is 1410 g/mol. The van der Waals surface area contributed by atoms with E-state index in [2.05, 4.69) is 50.9 Å². The van der Waals surface area contributed by atoms with Gasteiger partial charge < -0.3 is 19.7 Å². The Labute approximate surface area is 581 Å². The number of rotatable bonds is 20. The first-order valence-corrected chi connectivity index (χ1v) is 33.5. The van der Waals surface area contributed by atoms with Crippen LogP contribution in [0.5, 0.6) is 23.0 Å². The first kappa shape index (κ1) is 66.1. The van der Waals surface area contributed by atoms with Gasteiger partial charge in [-0.2, -0.15) is 40.9 Å². The van der Waals surface area contributed by atoms with Crippen LogP contribution in [0.2, 0.25) is 0 Å². The highest BCUT2D eigenvalue weighted by atomic mass is 32.1. The molecule has 100 heavy (non-hydrogen) atoms. The average Bonchev–Trinajstić information content (AvgIpc) is 1.11. The van der Waals surface area contributed by atoms with Crippen LogP contribution < -0.4 is 9.47 Å². The molecule has 0 fully saturated rings. The summed E-state index contributed by atoms with van der Waals surface area (Å²) in [5.41, 5.74) is 7.19. The Bertz CT molecular complexity index is 4870. The number of hydrogen-bond donors (Lipinski definition) is 2. The highest BCUT2D eigenvalue weighted by Crippen LogP contribution is 2.45. The molecule has 28 nitrogen and oxygen atoms in total. The fraction of sp³-hybridized carbons (Fsp3) is 0.118. The molecular formula is C68H48N16O12S4. The van der Waals surface area contributed by atoms with Crippen LogP contribution >= 0.6 is 45.3 Å². The van der Waals surface area contributed by atoms with Crippen molar-refractivity contribution in [2.24, 2.45) is 40.9 Å². The van der Waals surface area contributed by atoms with Gasteiger partial charge in [0.05, 0.1) is 76.6 Å². The van der Waals surface area contributed by atoms with Crippen molar-refractivity contribution in [2.45, 2.75) is 52.7 Å². The van der Waals surface area contributed by atoms with Crippen molar-refractivity contribution in [2.75, 3.05) is 0 Å². The number of ether oxygens (including phenoxy) is 2. The predicted octanol–water partition coefficient (Wildman–Crippen LogP) is 20.0. The fourth-order valence-corrected chi connectivity index (χ4v) is 13.9. The van der Waals surface area contributed by atoms with Crippen molar-refractivity contribution >= 4 is 114 Å². The number of phenolic OH excluding ortho intramolecular Hbond substituents is 2. The quantitative estimate of drug-likeness (QED) is 0.0406. The Morgan fingerprint density at radius 1 is 0.350 bits per heavy atom. The zero-order valence-corrected chi connectivity index (χ0v) is 55.4. The van der Waals surface area contributed by atoms with Gasteiger partial charge in [0.25, 0.3) is 22.7 Å². The Hall–Kier alpha value is -12.5. The molecule has 32 heteroatoms. The number of aromatic nitrogens is 4. The third kappa shape index (κ3) is 15.6. The number of nitrogens with zero attached hydrogens (tertiary/aromatic N) is 16. The lowest BCUT2D eigenvalue weighted by atomic mass is 9.90. The number of aromatic hydroxyl groups is 2. The smallest absolute Gasteiger partial charge is 0.269 e. The molecule has 2 N–H and O–H groups in total. The Balaban J connectivity index is 1.03. The van der Waals surface area contributed by atoms with Gasteiger partial charge in [0.15, 0.2) is 20.0 Å². The summed E-state index contributed by atoms with van der Waals surface area (Å²) < 4.78 is 13.9. The number of phenols is 2. The maximum Gasteiger partial charge on any atom is 0.269 e. The number of thiazole rings is 4. The summed E-state index contributed by atoms with van der Waals surface area (Å²) >= 11 is 5.69. The Morgan fingerprint density at radius 2 is 0.580 bits per heavy atom. The molecule has 0 atom stereocenters. The van der Waals surface area contributed by atoms with Crippen molar-refractivity contribution in [3.05, 3.63) is 275 Å². The van der Waals surface area contributed by atoms with Crippen LogP contribution in [0.15, 0.2) is 208 Å². The van der Waals surface area contributed by atoms with E-state index in [9.17, 15) is 50.7 Å². The van der Waals surface area contributed by atoms with E-state index >= 15 is 0 Å². The largest absolute Gasteiger partial charge is 0.507 e. The van der Waals surface area contributed by atoms with E-state index in [1.54, 1.807) is 48.5 Å². The molecule has 1 aliphatic carbocycles. The normalized spacial score (nSPS) is 12.3. The van der Waals surface area contributed by atoms with E-state index in [1.165, 1.54) is 142 Å². The SMILES string of the molecule is Cc1csc(-c2nc(COc3c4cc(N=Nc5ccc([N+](=O)[O-])cc5)cc3Cc3cc(N=Nc5ccc([N+](=O)[O-])cc5)cc(c3O)Cc3cc(N=Nc5ccc([N+](=O)[O-])cc5)cc(c3OCc3csc(-c5nc(C)cs5)n3)Cc3cc(N=Nc5ccc([N+](=O)[O-])cc5)cc(c3O)C4)cs2)n1. The second-order valence-electron chi connectivity index (χ2n) is 22.5. The number of benzene rings is 8. The van der Waals surface area contributed by atoms with Gasteiger partial charge in [0.1, 0.15) is 36.2 Å². The van der Waals surface area contributed by atoms with E-state index in [0.29, 0.717) is 65.9 Å². The highest BCUT2D eigenvalue weighted by molar-refractivity contribution is 7.20. The molecule has 13 rings (SSSR count). The molecule has 0 saturated carbocycles. The van der Waals surface area contributed by atoms with Gasteiger partial charge >= 0.3 is 0 Å². The molecule has 4 aromatic heterocycles. The summed E-state index contributed by atoms with van der Waals surface area (Å²) in [5.74, 6) is 0.207. The predicted molar refractivity (Wildman–Crippen MR) is 374 cm³/mol.